The number of carbonyl (C=O) groups is 2. The predicted molar refractivity (Wildman–Crippen MR) is 108 cm³/mol. The van der Waals surface area contributed by atoms with Crippen LogP contribution < -0.4 is 0 Å². The van der Waals surface area contributed by atoms with Crippen LogP contribution in [0.2, 0.25) is 0 Å². The molecule has 1 aliphatic rings. The molecule has 0 saturated carbocycles. The Bertz CT molecular complexity index is 1090. The molecule has 1 heterocycles. The highest BCUT2D eigenvalue weighted by molar-refractivity contribution is 7.90. The van der Waals surface area contributed by atoms with Gasteiger partial charge in [-0.25, -0.2) is 21.6 Å². The molecule has 0 radical (unpaired) electrons. The monoisotopic (exact) mass is 453 g/mol. The van der Waals surface area contributed by atoms with Gasteiger partial charge in [0.25, 0.3) is 0 Å². The summed E-state index contributed by atoms with van der Waals surface area (Å²) in [6.07, 6.45) is 0.560. The number of hydrogen-bond donors (Lipinski definition) is 0. The maximum Gasteiger partial charge on any atom is 0.227 e. The fourth-order valence-corrected chi connectivity index (χ4v) is 4.79. The van der Waals surface area contributed by atoms with Crippen LogP contribution in [0.15, 0.2) is 36.4 Å². The molecule has 1 fully saturated rings. The van der Waals surface area contributed by atoms with E-state index in [1.54, 1.807) is 0 Å². The number of sulfone groups is 1. The topological polar surface area (TPSA) is 71.5 Å². The molecule has 1 saturated heterocycles. The molecule has 5 nitrogen and oxygen atoms in total. The lowest BCUT2D eigenvalue weighted by Crippen LogP contribution is -2.32. The molecule has 1 amide bonds. The lowest BCUT2D eigenvalue weighted by Gasteiger charge is -2.18. The highest BCUT2D eigenvalue weighted by atomic mass is 32.2. The number of likely N-dealkylation sites (tertiary alicyclic amines) is 1. The van der Waals surface area contributed by atoms with E-state index in [0.29, 0.717) is 11.1 Å². The third-order valence-corrected chi connectivity index (χ3v) is 6.06. The average molecular weight is 453 g/mol. The van der Waals surface area contributed by atoms with Crippen LogP contribution in [0.4, 0.5) is 13.2 Å². The van der Waals surface area contributed by atoms with E-state index in [1.165, 1.54) is 31.2 Å². The van der Waals surface area contributed by atoms with Crippen molar-refractivity contribution < 1.29 is 31.2 Å². The van der Waals surface area contributed by atoms with Crippen LogP contribution in [0.25, 0.3) is 0 Å². The van der Waals surface area contributed by atoms with Gasteiger partial charge in [-0.3, -0.25) is 9.59 Å². The van der Waals surface area contributed by atoms with E-state index in [1.807, 2.05) is 0 Å². The summed E-state index contributed by atoms with van der Waals surface area (Å²) in [5.74, 6) is -5.84. The van der Waals surface area contributed by atoms with E-state index >= 15 is 0 Å². The quantitative estimate of drug-likeness (QED) is 0.646. The van der Waals surface area contributed by atoms with Gasteiger partial charge >= 0.3 is 0 Å². The Morgan fingerprint density at radius 2 is 1.68 bits per heavy atom. The highest BCUT2D eigenvalue weighted by Gasteiger charge is 2.44. The highest BCUT2D eigenvalue weighted by Crippen LogP contribution is 2.39. The van der Waals surface area contributed by atoms with Gasteiger partial charge in [0.15, 0.2) is 9.84 Å². The Kier molecular flexibility index (Phi) is 6.54. The smallest absolute Gasteiger partial charge is 0.227 e. The number of nitrogens with zero attached hydrogens (tertiary/aromatic N) is 1. The van der Waals surface area contributed by atoms with Crippen molar-refractivity contribution in [3.8, 4) is 0 Å². The zero-order valence-electron chi connectivity index (χ0n) is 17.1. The lowest BCUT2D eigenvalue weighted by molar-refractivity contribution is -0.133. The van der Waals surface area contributed by atoms with E-state index in [-0.39, 0.29) is 30.7 Å². The number of hydrogen-bond acceptors (Lipinski definition) is 4. The summed E-state index contributed by atoms with van der Waals surface area (Å²) in [6, 6.07) is 7.57. The van der Waals surface area contributed by atoms with E-state index in [0.717, 1.165) is 23.3 Å². The van der Waals surface area contributed by atoms with E-state index in [2.05, 4.69) is 0 Å². The van der Waals surface area contributed by atoms with Crippen molar-refractivity contribution in [1.82, 2.24) is 4.90 Å². The average Bonchev–Trinajstić information content (AvgIpc) is 2.90. The summed E-state index contributed by atoms with van der Waals surface area (Å²) in [5.41, 5.74) is 0.573. The molecule has 0 unspecified atom stereocenters. The SMILES string of the molecule is Cc1cc(F)c([C@@H]2CN(CS(C)(=O)=O)C(=O)[C@H]2CC(=O)Cc2ccc(F)cc2)c(F)c1. The summed E-state index contributed by atoms with van der Waals surface area (Å²) < 4.78 is 65.8. The molecule has 3 rings (SSSR count). The first-order valence-electron chi connectivity index (χ1n) is 9.63. The molecule has 2 aromatic rings. The molecule has 0 aliphatic carbocycles. The van der Waals surface area contributed by atoms with Gasteiger partial charge in [-0.05, 0) is 42.3 Å². The Balaban J connectivity index is 1.90. The fraction of sp³-hybridized carbons (Fsp3) is 0.364. The van der Waals surface area contributed by atoms with Crippen molar-refractivity contribution in [2.45, 2.75) is 25.7 Å². The third-order valence-electron chi connectivity index (χ3n) is 5.28. The maximum atomic E-state index is 14.6. The van der Waals surface area contributed by atoms with Gasteiger partial charge in [-0.1, -0.05) is 12.1 Å². The zero-order valence-corrected chi connectivity index (χ0v) is 17.9. The molecule has 2 aromatic carbocycles. The van der Waals surface area contributed by atoms with Crippen LogP contribution in [0.1, 0.15) is 29.0 Å². The van der Waals surface area contributed by atoms with Crippen LogP contribution in [0, 0.1) is 30.3 Å². The fourth-order valence-electron chi connectivity index (χ4n) is 4.00. The largest absolute Gasteiger partial charge is 0.327 e. The first kappa shape index (κ1) is 23.0. The van der Waals surface area contributed by atoms with E-state index in [4.69, 9.17) is 0 Å². The number of amides is 1. The zero-order chi connectivity index (χ0) is 22.9. The normalized spacial score (nSPS) is 19.1. The van der Waals surface area contributed by atoms with Gasteiger partial charge in [0.2, 0.25) is 5.91 Å². The van der Waals surface area contributed by atoms with Crippen LogP contribution in [0.3, 0.4) is 0 Å². The lowest BCUT2D eigenvalue weighted by atomic mass is 9.83. The molecule has 0 N–H and O–H groups in total. The van der Waals surface area contributed by atoms with Crippen molar-refractivity contribution in [1.29, 1.82) is 0 Å². The Hall–Kier alpha value is -2.68. The summed E-state index contributed by atoms with van der Waals surface area (Å²) in [4.78, 5) is 26.5. The van der Waals surface area contributed by atoms with Gasteiger partial charge in [0.1, 0.15) is 29.1 Å². The Morgan fingerprint density at radius 1 is 1.10 bits per heavy atom. The van der Waals surface area contributed by atoms with E-state index in [9.17, 15) is 31.2 Å². The first-order chi connectivity index (χ1) is 14.4. The molecule has 166 valence electrons. The predicted octanol–water partition coefficient (Wildman–Crippen LogP) is 3.16. The molecule has 0 aromatic heterocycles. The van der Waals surface area contributed by atoms with Crippen molar-refractivity contribution in [2.75, 3.05) is 18.7 Å². The molecule has 9 heteroatoms. The number of rotatable bonds is 7. The number of Topliss-reactive ketones (excluding diaryl/α,β-unsaturated/α-hetero) is 1. The molecule has 0 bridgehead atoms. The molecular weight excluding hydrogens is 431 g/mol. The van der Waals surface area contributed by atoms with Crippen LogP contribution >= 0.6 is 0 Å². The Morgan fingerprint density at radius 3 is 2.23 bits per heavy atom. The third kappa shape index (κ3) is 5.52. The number of halogens is 3. The van der Waals surface area contributed by atoms with Crippen LogP contribution in [-0.2, 0) is 25.8 Å². The van der Waals surface area contributed by atoms with Gasteiger partial charge in [0.05, 0.1) is 5.92 Å². The number of aryl methyl sites for hydroxylation is 1. The summed E-state index contributed by atoms with van der Waals surface area (Å²) in [6.45, 7) is 1.31. The number of carbonyl (C=O) groups excluding carboxylic acids is 2. The standard InChI is InChI=1S/C22H22F3NO4S/c1-13-7-19(24)21(20(25)8-13)18-11-26(12-31(2,29)30)22(28)17(18)10-16(27)9-14-3-5-15(23)6-4-14/h3-8,17-18H,9-12H2,1-2H3/t17-,18+/m0/s1. The van der Waals surface area contributed by atoms with Gasteiger partial charge in [-0.15, -0.1) is 0 Å². The Labute approximate surface area is 178 Å². The van der Waals surface area contributed by atoms with Crippen LogP contribution in [-0.4, -0.2) is 43.7 Å². The molecule has 1 aliphatic heterocycles. The van der Waals surface area contributed by atoms with Gasteiger partial charge < -0.3 is 4.90 Å². The summed E-state index contributed by atoms with van der Waals surface area (Å²) in [5, 5.41) is 0. The molecule has 0 spiro atoms. The summed E-state index contributed by atoms with van der Waals surface area (Å²) in [7, 11) is -3.58. The number of ketones is 1. The molecule has 2 atom stereocenters. The molecule has 31 heavy (non-hydrogen) atoms. The maximum absolute atomic E-state index is 14.6. The second-order valence-electron chi connectivity index (χ2n) is 8.02. The molecular formula is C22H22F3NO4S. The second-order valence-corrected chi connectivity index (χ2v) is 10.1. The van der Waals surface area contributed by atoms with Crippen molar-refractivity contribution in [2.24, 2.45) is 5.92 Å². The second kappa shape index (κ2) is 8.82. The van der Waals surface area contributed by atoms with Gasteiger partial charge in [-0.2, -0.15) is 0 Å². The minimum Gasteiger partial charge on any atom is -0.327 e. The van der Waals surface area contributed by atoms with Crippen molar-refractivity contribution >= 4 is 21.5 Å². The first-order valence-corrected chi connectivity index (χ1v) is 11.7. The van der Waals surface area contributed by atoms with Crippen molar-refractivity contribution in [3.63, 3.8) is 0 Å². The summed E-state index contributed by atoms with van der Waals surface area (Å²) >= 11 is 0. The van der Waals surface area contributed by atoms with Gasteiger partial charge in [0, 0.05) is 37.1 Å². The van der Waals surface area contributed by atoms with E-state index < -0.39 is 50.9 Å². The minimum absolute atomic E-state index is 0.0816. The van der Waals surface area contributed by atoms with Crippen LogP contribution in [0.5, 0.6) is 0 Å². The minimum atomic E-state index is -3.58. The van der Waals surface area contributed by atoms with Crippen molar-refractivity contribution in [3.05, 3.63) is 70.5 Å². The number of benzene rings is 2.